The number of amides is 1. The largest absolute Gasteiger partial charge is 0.321 e. The number of anilines is 1. The van der Waals surface area contributed by atoms with E-state index in [0.29, 0.717) is 11.7 Å². The minimum Gasteiger partial charge on any atom is -0.321 e. The maximum Gasteiger partial charge on any atom is 0.278 e. The molecular formula is C18H21ClN6OS. The molecule has 0 spiro atoms. The van der Waals surface area contributed by atoms with E-state index >= 15 is 0 Å². The lowest BCUT2D eigenvalue weighted by Crippen LogP contribution is -2.30. The summed E-state index contributed by atoms with van der Waals surface area (Å²) < 4.78 is 1.89. The fraction of sp³-hybridized carbons (Fsp3) is 0.333. The molecule has 0 bridgehead atoms. The zero-order valence-corrected chi connectivity index (χ0v) is 16.5. The van der Waals surface area contributed by atoms with Gasteiger partial charge in [0.15, 0.2) is 5.69 Å². The highest BCUT2D eigenvalue weighted by molar-refractivity contribution is 7.13. The molecule has 0 unspecified atom stereocenters. The molecule has 1 amide bonds. The maximum absolute atomic E-state index is 12.6. The molecule has 2 aromatic heterocycles. The number of nitrogens with one attached hydrogen (secondary N) is 2. The van der Waals surface area contributed by atoms with Gasteiger partial charge in [-0.25, -0.2) is 9.67 Å². The van der Waals surface area contributed by atoms with Crippen molar-refractivity contribution in [2.75, 3.05) is 18.4 Å². The van der Waals surface area contributed by atoms with Gasteiger partial charge in [-0.15, -0.1) is 28.8 Å². The first kappa shape index (κ1) is 19.5. The lowest BCUT2D eigenvalue weighted by Gasteiger charge is -2.23. The fourth-order valence-electron chi connectivity index (χ4n) is 3.20. The molecule has 27 heavy (non-hydrogen) atoms. The summed E-state index contributed by atoms with van der Waals surface area (Å²) in [7, 11) is 0. The Kier molecular flexibility index (Phi) is 6.20. The predicted molar refractivity (Wildman–Crippen MR) is 109 cm³/mol. The van der Waals surface area contributed by atoms with Crippen LogP contribution in [0.5, 0.6) is 0 Å². The van der Waals surface area contributed by atoms with E-state index in [0.717, 1.165) is 47.9 Å². The lowest BCUT2D eigenvalue weighted by molar-refractivity contribution is 0.102. The third-order valence-corrected chi connectivity index (χ3v) is 5.44. The Balaban J connectivity index is 0.00000210. The fourth-order valence-corrected chi connectivity index (χ4v) is 3.85. The van der Waals surface area contributed by atoms with Gasteiger partial charge in [-0.1, -0.05) is 5.21 Å². The molecule has 1 aromatic carbocycles. The van der Waals surface area contributed by atoms with Crippen LogP contribution in [0.25, 0.3) is 10.6 Å². The van der Waals surface area contributed by atoms with Crippen LogP contribution in [0.1, 0.15) is 35.1 Å². The van der Waals surface area contributed by atoms with E-state index in [2.05, 4.69) is 25.9 Å². The Morgan fingerprint density at radius 1 is 1.26 bits per heavy atom. The van der Waals surface area contributed by atoms with Gasteiger partial charge in [-0.2, -0.15) is 0 Å². The highest BCUT2D eigenvalue weighted by atomic mass is 35.5. The number of hydrogen-bond acceptors (Lipinski definition) is 6. The second-order valence-electron chi connectivity index (χ2n) is 6.32. The third-order valence-electron chi connectivity index (χ3n) is 4.62. The van der Waals surface area contributed by atoms with Crippen molar-refractivity contribution in [3.05, 3.63) is 47.2 Å². The first-order chi connectivity index (χ1) is 12.7. The van der Waals surface area contributed by atoms with Crippen molar-refractivity contribution in [1.82, 2.24) is 25.3 Å². The van der Waals surface area contributed by atoms with E-state index in [1.165, 1.54) is 0 Å². The highest BCUT2D eigenvalue weighted by Crippen LogP contribution is 2.24. The number of rotatable bonds is 4. The quantitative estimate of drug-likeness (QED) is 0.696. The van der Waals surface area contributed by atoms with Crippen LogP contribution in [-0.4, -0.2) is 39.0 Å². The Labute approximate surface area is 167 Å². The van der Waals surface area contributed by atoms with Crippen LogP contribution in [0, 0.1) is 6.92 Å². The highest BCUT2D eigenvalue weighted by Gasteiger charge is 2.22. The molecule has 3 aromatic rings. The summed E-state index contributed by atoms with van der Waals surface area (Å²) in [5.41, 5.74) is 2.96. The van der Waals surface area contributed by atoms with E-state index in [4.69, 9.17) is 0 Å². The van der Waals surface area contributed by atoms with Crippen LogP contribution in [0.15, 0.2) is 35.8 Å². The molecule has 2 N–H and O–H groups in total. The van der Waals surface area contributed by atoms with E-state index < -0.39 is 0 Å². The maximum atomic E-state index is 12.6. The number of thiazole rings is 1. The zero-order chi connectivity index (χ0) is 17.9. The van der Waals surface area contributed by atoms with Gasteiger partial charge in [0, 0.05) is 22.8 Å². The van der Waals surface area contributed by atoms with Crippen molar-refractivity contribution in [1.29, 1.82) is 0 Å². The number of hydrogen-bond donors (Lipinski definition) is 2. The standard InChI is InChI=1S/C18H20N6OS.ClH/c1-12-16(22-23-24(12)15-6-8-19-9-7-15)17(25)21-14-4-2-13(3-5-14)18-20-10-11-26-18;/h2-5,10-11,15,19H,6-9H2,1H3,(H,21,25);1H. The van der Waals surface area contributed by atoms with Crippen LogP contribution in [0.2, 0.25) is 0 Å². The zero-order valence-electron chi connectivity index (χ0n) is 14.9. The van der Waals surface area contributed by atoms with Crippen LogP contribution in [0.3, 0.4) is 0 Å². The van der Waals surface area contributed by atoms with Crippen molar-refractivity contribution in [3.63, 3.8) is 0 Å². The van der Waals surface area contributed by atoms with E-state index in [-0.39, 0.29) is 18.3 Å². The Morgan fingerprint density at radius 3 is 2.67 bits per heavy atom. The van der Waals surface area contributed by atoms with Gasteiger partial charge < -0.3 is 10.6 Å². The Hall–Kier alpha value is -2.29. The average Bonchev–Trinajstić information content (AvgIpc) is 3.33. The molecular weight excluding hydrogens is 384 g/mol. The Morgan fingerprint density at radius 2 is 2.00 bits per heavy atom. The van der Waals surface area contributed by atoms with E-state index in [1.54, 1.807) is 17.5 Å². The SMILES string of the molecule is Cc1c(C(=O)Nc2ccc(-c3nccs3)cc2)nnn1C1CCNCC1.Cl. The smallest absolute Gasteiger partial charge is 0.278 e. The molecule has 7 nitrogen and oxygen atoms in total. The second-order valence-corrected chi connectivity index (χ2v) is 7.21. The summed E-state index contributed by atoms with van der Waals surface area (Å²) in [5, 5.41) is 17.5. The van der Waals surface area contributed by atoms with Crippen molar-refractivity contribution < 1.29 is 4.79 Å². The van der Waals surface area contributed by atoms with E-state index in [9.17, 15) is 4.79 Å². The number of benzene rings is 1. The van der Waals surface area contributed by atoms with Gasteiger partial charge in [0.25, 0.3) is 5.91 Å². The molecule has 0 saturated carbocycles. The summed E-state index contributed by atoms with van der Waals surface area (Å²) in [6.45, 7) is 3.84. The first-order valence-corrected chi connectivity index (χ1v) is 9.54. The monoisotopic (exact) mass is 404 g/mol. The molecule has 1 aliphatic heterocycles. The molecule has 1 aliphatic rings. The summed E-state index contributed by atoms with van der Waals surface area (Å²) in [6, 6.07) is 7.96. The molecule has 0 radical (unpaired) electrons. The summed E-state index contributed by atoms with van der Waals surface area (Å²) in [5.74, 6) is -0.232. The average molecular weight is 405 g/mol. The van der Waals surface area contributed by atoms with Crippen LogP contribution < -0.4 is 10.6 Å². The molecule has 0 atom stereocenters. The summed E-state index contributed by atoms with van der Waals surface area (Å²) in [4.78, 5) is 16.9. The number of nitrogens with zero attached hydrogens (tertiary/aromatic N) is 4. The molecule has 9 heteroatoms. The number of carbonyl (C=O) groups is 1. The summed E-state index contributed by atoms with van der Waals surface area (Å²) in [6.07, 6.45) is 3.79. The van der Waals surface area contributed by atoms with Crippen molar-refractivity contribution >= 4 is 35.3 Å². The van der Waals surface area contributed by atoms with Gasteiger partial charge in [-0.05, 0) is 57.1 Å². The van der Waals surface area contributed by atoms with Crippen molar-refractivity contribution in [2.45, 2.75) is 25.8 Å². The summed E-state index contributed by atoms with van der Waals surface area (Å²) >= 11 is 1.59. The van der Waals surface area contributed by atoms with Crippen LogP contribution in [-0.2, 0) is 0 Å². The molecule has 4 rings (SSSR count). The number of halogens is 1. The van der Waals surface area contributed by atoms with Gasteiger partial charge in [0.2, 0.25) is 0 Å². The third kappa shape index (κ3) is 4.18. The molecule has 1 fully saturated rings. The lowest BCUT2D eigenvalue weighted by atomic mass is 10.1. The minimum absolute atomic E-state index is 0. The molecule has 0 aliphatic carbocycles. The molecule has 3 heterocycles. The van der Waals surface area contributed by atoms with Gasteiger partial charge >= 0.3 is 0 Å². The number of aromatic nitrogens is 4. The van der Waals surface area contributed by atoms with E-state index in [1.807, 2.05) is 41.3 Å². The van der Waals surface area contributed by atoms with Gasteiger partial charge in [0.1, 0.15) is 5.01 Å². The second kappa shape index (κ2) is 8.60. The first-order valence-electron chi connectivity index (χ1n) is 8.66. The van der Waals surface area contributed by atoms with Crippen molar-refractivity contribution in [3.8, 4) is 10.6 Å². The normalized spacial score (nSPS) is 14.6. The van der Waals surface area contributed by atoms with Crippen LogP contribution >= 0.6 is 23.7 Å². The van der Waals surface area contributed by atoms with Crippen LogP contribution in [0.4, 0.5) is 5.69 Å². The Bertz CT molecular complexity index is 887. The molecule has 1 saturated heterocycles. The topological polar surface area (TPSA) is 84.7 Å². The predicted octanol–water partition coefficient (Wildman–Crippen LogP) is 3.31. The van der Waals surface area contributed by atoms with Crippen molar-refractivity contribution in [2.24, 2.45) is 0 Å². The number of carbonyl (C=O) groups excluding carboxylic acids is 1. The molecule has 142 valence electrons. The number of piperidine rings is 1. The minimum atomic E-state index is -0.232. The van der Waals surface area contributed by atoms with Gasteiger partial charge in [-0.3, -0.25) is 4.79 Å². The van der Waals surface area contributed by atoms with Gasteiger partial charge in [0.05, 0.1) is 11.7 Å².